The Morgan fingerprint density at radius 3 is 1.19 bits per heavy atom. The van der Waals surface area contributed by atoms with Crippen molar-refractivity contribution in [3.8, 4) is 0 Å². The van der Waals surface area contributed by atoms with Crippen molar-refractivity contribution in [2.45, 2.75) is 333 Å². The van der Waals surface area contributed by atoms with Gasteiger partial charge in [0.25, 0.3) is 0 Å². The molecule has 91 heavy (non-hydrogen) atoms. The molecule has 11 heteroatoms. The maximum Gasteiger partial charge on any atom is 0.306 e. The highest BCUT2D eigenvalue weighted by Gasteiger charge is 2.47. The normalized spacial score (nSPS) is 18.9. The average molecular weight is 1270 g/mol. The molecule has 0 aromatic heterocycles. The molecule has 0 aromatic rings. The van der Waals surface area contributed by atoms with Crippen molar-refractivity contribution >= 4 is 11.9 Å². The lowest BCUT2D eigenvalue weighted by atomic mass is 9.99. The van der Waals surface area contributed by atoms with Gasteiger partial charge in [0.2, 0.25) is 5.91 Å². The van der Waals surface area contributed by atoms with Crippen LogP contribution in [0, 0.1) is 0 Å². The van der Waals surface area contributed by atoms with Crippen molar-refractivity contribution in [1.29, 1.82) is 0 Å². The third kappa shape index (κ3) is 52.6. The minimum absolute atomic E-state index is 0.106. The molecule has 6 N–H and O–H groups in total. The van der Waals surface area contributed by atoms with Crippen LogP contribution in [-0.4, -0.2) is 99.6 Å². The number of ether oxygens (including phenoxy) is 3. The van der Waals surface area contributed by atoms with E-state index >= 15 is 0 Å². The number of hydrogen-bond acceptors (Lipinski definition) is 10. The van der Waals surface area contributed by atoms with Gasteiger partial charge in [0.15, 0.2) is 12.4 Å². The Labute approximate surface area is 555 Å². The number of amides is 1. The third-order valence-corrected chi connectivity index (χ3v) is 16.2. The van der Waals surface area contributed by atoms with Crippen LogP contribution in [-0.2, 0) is 23.8 Å². The second-order valence-corrected chi connectivity index (χ2v) is 24.6. The molecule has 0 spiro atoms. The van der Waals surface area contributed by atoms with Gasteiger partial charge in [-0.25, -0.2) is 0 Å². The van der Waals surface area contributed by atoms with Gasteiger partial charge >= 0.3 is 5.97 Å². The minimum Gasteiger partial charge on any atom is -0.454 e. The molecule has 1 fully saturated rings. The Hall–Kier alpha value is -4.46. The van der Waals surface area contributed by atoms with Crippen molar-refractivity contribution in [2.24, 2.45) is 0 Å². The number of rotatable bonds is 61. The second-order valence-electron chi connectivity index (χ2n) is 24.6. The summed E-state index contributed by atoms with van der Waals surface area (Å²) < 4.78 is 17.7. The van der Waals surface area contributed by atoms with Crippen molar-refractivity contribution in [1.82, 2.24) is 5.32 Å². The van der Waals surface area contributed by atoms with E-state index in [0.717, 1.165) is 161 Å². The molecule has 0 radical (unpaired) electrons. The first-order valence-electron chi connectivity index (χ1n) is 36.6. The summed E-state index contributed by atoms with van der Waals surface area (Å²) in [6, 6.07) is -1.05. The maximum atomic E-state index is 13.5. The Morgan fingerprint density at radius 2 is 0.791 bits per heavy atom. The highest BCUT2D eigenvalue weighted by molar-refractivity contribution is 5.80. The fourth-order valence-corrected chi connectivity index (χ4v) is 10.6. The summed E-state index contributed by atoms with van der Waals surface area (Å²) in [5.74, 6) is -1.22. The summed E-state index contributed by atoms with van der Waals surface area (Å²) in [4.78, 5) is 26.7. The molecule has 518 valence electrons. The van der Waals surface area contributed by atoms with E-state index in [0.29, 0.717) is 12.8 Å². The molecule has 1 aliphatic heterocycles. The van der Waals surface area contributed by atoms with E-state index in [1.54, 1.807) is 6.08 Å². The minimum atomic E-state index is -1.63. The Bertz CT molecular complexity index is 2040. The molecule has 0 aromatic carbocycles. The van der Waals surface area contributed by atoms with Gasteiger partial charge in [-0.05, 0) is 122 Å². The lowest BCUT2D eigenvalue weighted by Crippen LogP contribution is -2.61. The zero-order chi connectivity index (χ0) is 66.0. The van der Waals surface area contributed by atoms with Crippen molar-refractivity contribution in [3.05, 3.63) is 146 Å². The van der Waals surface area contributed by atoms with Gasteiger partial charge in [0.1, 0.15) is 24.4 Å². The summed E-state index contributed by atoms with van der Waals surface area (Å²) in [5.41, 5.74) is 0. The highest BCUT2D eigenvalue weighted by atomic mass is 16.7. The van der Waals surface area contributed by atoms with E-state index in [-0.39, 0.29) is 19.4 Å². The van der Waals surface area contributed by atoms with Crippen LogP contribution in [0.3, 0.4) is 0 Å². The van der Waals surface area contributed by atoms with Gasteiger partial charge in [0, 0.05) is 6.42 Å². The number of aliphatic hydroxyl groups is 5. The number of nitrogens with one attached hydrogen (secondary N) is 1. The molecule has 0 saturated carbocycles. The molecule has 1 amide bonds. The van der Waals surface area contributed by atoms with E-state index in [2.05, 4.69) is 160 Å². The van der Waals surface area contributed by atoms with Crippen LogP contribution in [0.25, 0.3) is 0 Å². The summed E-state index contributed by atoms with van der Waals surface area (Å²) in [5, 5.41) is 57.3. The maximum absolute atomic E-state index is 13.5. The van der Waals surface area contributed by atoms with Gasteiger partial charge in [-0.15, -0.1) is 0 Å². The molecule has 1 heterocycles. The van der Waals surface area contributed by atoms with Crippen LogP contribution in [0.1, 0.15) is 284 Å². The molecule has 0 aliphatic carbocycles. The van der Waals surface area contributed by atoms with Gasteiger partial charge < -0.3 is 45.1 Å². The topological polar surface area (TPSA) is 175 Å². The molecule has 11 nitrogen and oxygen atoms in total. The molecule has 1 rings (SSSR count). The average Bonchev–Trinajstić information content (AvgIpc) is 1.00. The summed E-state index contributed by atoms with van der Waals surface area (Å²) in [6.07, 6.45) is 84.4. The largest absolute Gasteiger partial charge is 0.454 e. The quantitative estimate of drug-likeness (QED) is 0.0195. The number of carbonyl (C=O) groups is 2. The zero-order valence-electron chi connectivity index (χ0n) is 57.7. The molecule has 0 bridgehead atoms. The van der Waals surface area contributed by atoms with E-state index in [4.69, 9.17) is 14.2 Å². The smallest absolute Gasteiger partial charge is 0.306 e. The summed E-state index contributed by atoms with van der Waals surface area (Å²) in [6.45, 7) is 5.57. The van der Waals surface area contributed by atoms with Crippen LogP contribution < -0.4 is 5.32 Å². The van der Waals surface area contributed by atoms with Crippen LogP contribution in [0.4, 0.5) is 0 Å². The Kier molecular flexibility index (Phi) is 60.9. The molecule has 1 aliphatic rings. The summed E-state index contributed by atoms with van der Waals surface area (Å²) >= 11 is 0. The number of allylic oxidation sites excluding steroid dienone is 23. The lowest BCUT2D eigenvalue weighted by Gasteiger charge is -2.41. The molecule has 1 saturated heterocycles. The van der Waals surface area contributed by atoms with Crippen molar-refractivity contribution < 1.29 is 49.3 Å². The first-order valence-corrected chi connectivity index (χ1v) is 36.6. The summed E-state index contributed by atoms with van der Waals surface area (Å²) in [7, 11) is 0. The second kappa shape index (κ2) is 65.6. The van der Waals surface area contributed by atoms with Crippen molar-refractivity contribution in [2.75, 3.05) is 13.2 Å². The third-order valence-electron chi connectivity index (χ3n) is 16.2. The van der Waals surface area contributed by atoms with E-state index < -0.39 is 67.4 Å². The highest BCUT2D eigenvalue weighted by Crippen LogP contribution is 2.26. The van der Waals surface area contributed by atoms with Crippen LogP contribution in [0.5, 0.6) is 0 Å². The number of esters is 1. The Morgan fingerprint density at radius 1 is 0.440 bits per heavy atom. The van der Waals surface area contributed by atoms with E-state index in [1.165, 1.54) is 77.0 Å². The lowest BCUT2D eigenvalue weighted by molar-refractivity contribution is -0.305. The molecular weight excluding hydrogens is 1130 g/mol. The number of hydrogen-bond donors (Lipinski definition) is 6. The van der Waals surface area contributed by atoms with Crippen LogP contribution >= 0.6 is 0 Å². The molecule has 8 unspecified atom stereocenters. The number of unbranched alkanes of at least 4 members (excludes halogenated alkanes) is 25. The first-order chi connectivity index (χ1) is 44.7. The van der Waals surface area contributed by atoms with Gasteiger partial charge in [0.05, 0.1) is 25.4 Å². The van der Waals surface area contributed by atoms with Crippen LogP contribution in [0.2, 0.25) is 0 Å². The van der Waals surface area contributed by atoms with Gasteiger partial charge in [-0.3, -0.25) is 9.59 Å². The van der Waals surface area contributed by atoms with Gasteiger partial charge in [-0.1, -0.05) is 301 Å². The fourth-order valence-electron chi connectivity index (χ4n) is 10.6. The van der Waals surface area contributed by atoms with E-state index in [1.807, 2.05) is 6.08 Å². The van der Waals surface area contributed by atoms with Crippen molar-refractivity contribution in [3.63, 3.8) is 0 Å². The first kappa shape index (κ1) is 84.6. The SMILES string of the molecule is CC/C=C\C/C=C\C/C=C\C/C=C\C/C=C\C/C=C\CCCCCCCC(O)C(=O)NC(COC1OC(CO)C(O)C(O)C1OC(=O)CCCCCCCCCCC/C=C\C/C=C\C/C=C\C/C=C\C/C=C\CC)C(O)/C=C/CCCCCCCCCCCCC. The predicted molar refractivity (Wildman–Crippen MR) is 384 cm³/mol. The Balaban J connectivity index is 2.61. The molecular formula is C80H133NO10. The standard InChI is InChI=1S/C80H133NO10/c1-4-7-10-13-16-19-22-25-27-29-31-33-35-37-39-41-43-45-47-50-53-56-59-62-65-68-75(85)91-78-77(87)76(86)74(69-82)90-80(78)89-70-71(72(83)66-63-60-57-54-51-48-24-21-18-15-12-9-6-3)81-79(88)73(84)67-64-61-58-55-52-49-46-44-42-40-38-36-34-32-30-28-26-23-20-17-14-11-8-5-2/h7-8,10-11,16-17,19-20,25-28,31-34,37-40,44,46,63,66,71-74,76-78,80,82-84,86-87H,4-6,9,12-15,18,21-24,29-30,35-36,41-43,45,47-62,64-65,67-70H2,1-3H3,(H,81,88)/b10-7-,11-8-,19-16-,20-17-,27-25-,28-26-,33-31-,34-32-,39-37-,40-38-,46-44-,66-63+. The fraction of sp³-hybridized carbons (Fsp3) is 0.675. The van der Waals surface area contributed by atoms with Crippen LogP contribution in [0.15, 0.2) is 146 Å². The molecule has 8 atom stereocenters. The monoisotopic (exact) mass is 1270 g/mol. The van der Waals surface area contributed by atoms with E-state index in [9.17, 15) is 35.1 Å². The van der Waals surface area contributed by atoms with Gasteiger partial charge in [-0.2, -0.15) is 0 Å². The zero-order valence-corrected chi connectivity index (χ0v) is 57.7. The number of carbonyl (C=O) groups excluding carboxylic acids is 2. The number of aliphatic hydroxyl groups excluding tert-OH is 5. The predicted octanol–water partition coefficient (Wildman–Crippen LogP) is 19.3.